The molecule has 2 N–H and O–H groups in total. The zero-order valence-corrected chi connectivity index (χ0v) is 10.7. The van der Waals surface area contributed by atoms with Crippen molar-refractivity contribution in [3.05, 3.63) is 54.4 Å². The van der Waals surface area contributed by atoms with Crippen molar-refractivity contribution in [2.24, 2.45) is 0 Å². The Bertz CT molecular complexity index is 482. The van der Waals surface area contributed by atoms with Gasteiger partial charge in [0, 0.05) is 12.7 Å². The van der Waals surface area contributed by atoms with Crippen LogP contribution in [0.5, 0.6) is 0 Å². The first kappa shape index (κ1) is 12.4. The van der Waals surface area contributed by atoms with Crippen molar-refractivity contribution in [3.8, 4) is 0 Å². The number of rotatable bonds is 5. The van der Waals surface area contributed by atoms with Gasteiger partial charge in [0.2, 0.25) is 0 Å². The molecule has 18 heavy (non-hydrogen) atoms. The van der Waals surface area contributed by atoms with Crippen LogP contribution in [0.1, 0.15) is 19.0 Å². The van der Waals surface area contributed by atoms with Gasteiger partial charge in [0.25, 0.3) is 0 Å². The highest BCUT2D eigenvalue weighted by molar-refractivity contribution is 5.67. The maximum atomic E-state index is 6.04. The van der Waals surface area contributed by atoms with Crippen molar-refractivity contribution in [3.63, 3.8) is 0 Å². The Hall–Kier alpha value is -2.03. The molecule has 0 amide bonds. The fourth-order valence-electron chi connectivity index (χ4n) is 2.02. The summed E-state index contributed by atoms with van der Waals surface area (Å²) in [5, 5.41) is 0. The van der Waals surface area contributed by atoms with Crippen LogP contribution >= 0.6 is 0 Å². The quantitative estimate of drug-likeness (QED) is 0.818. The summed E-state index contributed by atoms with van der Waals surface area (Å²) in [6.45, 7) is 3.94. The van der Waals surface area contributed by atoms with E-state index < -0.39 is 0 Å². The standard InChI is InChI=1S/C15H19N3/c1-2-11-18(12-13-7-5-6-10-17-13)15-9-4-3-8-14(15)16/h3-10H,2,11-12,16H2,1H3. The molecule has 0 aliphatic rings. The van der Waals surface area contributed by atoms with E-state index in [-0.39, 0.29) is 0 Å². The summed E-state index contributed by atoms with van der Waals surface area (Å²) in [6.07, 6.45) is 2.91. The van der Waals surface area contributed by atoms with E-state index in [4.69, 9.17) is 5.73 Å². The van der Waals surface area contributed by atoms with Gasteiger partial charge in [-0.15, -0.1) is 0 Å². The lowest BCUT2D eigenvalue weighted by molar-refractivity contribution is 0.755. The molecule has 1 aromatic heterocycles. The van der Waals surface area contributed by atoms with Gasteiger partial charge in [-0.05, 0) is 30.7 Å². The van der Waals surface area contributed by atoms with Gasteiger partial charge in [0.1, 0.15) is 0 Å². The fraction of sp³-hybridized carbons (Fsp3) is 0.267. The molecule has 0 aliphatic heterocycles. The van der Waals surface area contributed by atoms with E-state index >= 15 is 0 Å². The monoisotopic (exact) mass is 241 g/mol. The zero-order valence-electron chi connectivity index (χ0n) is 10.7. The van der Waals surface area contributed by atoms with E-state index in [2.05, 4.69) is 22.9 Å². The highest BCUT2D eigenvalue weighted by Gasteiger charge is 2.09. The van der Waals surface area contributed by atoms with E-state index in [9.17, 15) is 0 Å². The summed E-state index contributed by atoms with van der Waals surface area (Å²) in [6, 6.07) is 14.0. The van der Waals surface area contributed by atoms with Crippen LogP contribution in [0.25, 0.3) is 0 Å². The molecule has 0 saturated heterocycles. The molecule has 0 unspecified atom stereocenters. The van der Waals surface area contributed by atoms with Crippen molar-refractivity contribution in [1.82, 2.24) is 4.98 Å². The second kappa shape index (κ2) is 6.05. The molecule has 0 bridgehead atoms. The summed E-state index contributed by atoms with van der Waals surface area (Å²) in [7, 11) is 0. The van der Waals surface area contributed by atoms with Gasteiger partial charge >= 0.3 is 0 Å². The molecule has 0 radical (unpaired) electrons. The lowest BCUT2D eigenvalue weighted by Crippen LogP contribution is -2.24. The normalized spacial score (nSPS) is 10.3. The summed E-state index contributed by atoms with van der Waals surface area (Å²) >= 11 is 0. The Morgan fingerprint density at radius 3 is 2.56 bits per heavy atom. The fourth-order valence-corrected chi connectivity index (χ4v) is 2.02. The molecule has 0 spiro atoms. The van der Waals surface area contributed by atoms with Crippen LogP contribution in [0.4, 0.5) is 11.4 Å². The highest BCUT2D eigenvalue weighted by atomic mass is 15.1. The summed E-state index contributed by atoms with van der Waals surface area (Å²) in [4.78, 5) is 6.65. The van der Waals surface area contributed by atoms with Crippen LogP contribution < -0.4 is 10.6 Å². The van der Waals surface area contributed by atoms with Gasteiger partial charge in [0.15, 0.2) is 0 Å². The van der Waals surface area contributed by atoms with Crippen LogP contribution in [-0.4, -0.2) is 11.5 Å². The first-order chi connectivity index (χ1) is 8.81. The number of hydrogen-bond donors (Lipinski definition) is 1. The van der Waals surface area contributed by atoms with Crippen LogP contribution in [0.3, 0.4) is 0 Å². The first-order valence-corrected chi connectivity index (χ1v) is 6.30. The van der Waals surface area contributed by atoms with E-state index in [0.29, 0.717) is 0 Å². The third-order valence-electron chi connectivity index (χ3n) is 2.85. The maximum absolute atomic E-state index is 6.04. The lowest BCUT2D eigenvalue weighted by atomic mass is 10.2. The predicted molar refractivity (Wildman–Crippen MR) is 76.4 cm³/mol. The minimum Gasteiger partial charge on any atom is -0.397 e. The Balaban J connectivity index is 2.21. The SMILES string of the molecule is CCCN(Cc1ccccn1)c1ccccc1N. The smallest absolute Gasteiger partial charge is 0.0603 e. The van der Waals surface area contributed by atoms with Crippen molar-refractivity contribution in [2.75, 3.05) is 17.2 Å². The largest absolute Gasteiger partial charge is 0.397 e. The third-order valence-corrected chi connectivity index (χ3v) is 2.85. The molecule has 2 aromatic rings. The third kappa shape index (κ3) is 3.00. The first-order valence-electron chi connectivity index (χ1n) is 6.30. The van der Waals surface area contributed by atoms with Gasteiger partial charge in [0.05, 0.1) is 23.6 Å². The average molecular weight is 241 g/mol. The maximum Gasteiger partial charge on any atom is 0.0603 e. The molecule has 94 valence electrons. The lowest BCUT2D eigenvalue weighted by Gasteiger charge is -2.25. The molecule has 0 aliphatic carbocycles. The highest BCUT2D eigenvalue weighted by Crippen LogP contribution is 2.24. The molecule has 0 fully saturated rings. The van der Waals surface area contributed by atoms with Gasteiger partial charge < -0.3 is 10.6 Å². The number of para-hydroxylation sites is 2. The number of anilines is 2. The number of hydrogen-bond acceptors (Lipinski definition) is 3. The molecular formula is C15H19N3. The van der Waals surface area contributed by atoms with Gasteiger partial charge in [-0.25, -0.2) is 0 Å². The Kier molecular flexibility index (Phi) is 4.18. The van der Waals surface area contributed by atoms with Crippen LogP contribution in [-0.2, 0) is 6.54 Å². The molecule has 3 heteroatoms. The number of aromatic nitrogens is 1. The minimum atomic E-state index is 0.795. The second-order valence-corrected chi connectivity index (χ2v) is 4.30. The van der Waals surface area contributed by atoms with Crippen molar-refractivity contribution in [2.45, 2.75) is 19.9 Å². The summed E-state index contributed by atoms with van der Waals surface area (Å²) in [5.41, 5.74) is 9.02. The summed E-state index contributed by atoms with van der Waals surface area (Å²) < 4.78 is 0. The van der Waals surface area contributed by atoms with Crippen LogP contribution in [0.15, 0.2) is 48.7 Å². The number of pyridine rings is 1. The van der Waals surface area contributed by atoms with E-state index in [1.807, 2.05) is 42.6 Å². The summed E-state index contributed by atoms with van der Waals surface area (Å²) in [5.74, 6) is 0. The molecule has 0 atom stereocenters. The molecular weight excluding hydrogens is 222 g/mol. The number of nitrogens with zero attached hydrogens (tertiary/aromatic N) is 2. The van der Waals surface area contributed by atoms with Crippen molar-refractivity contribution in [1.29, 1.82) is 0 Å². The van der Waals surface area contributed by atoms with E-state index in [0.717, 1.165) is 36.6 Å². The molecule has 2 rings (SSSR count). The topological polar surface area (TPSA) is 42.2 Å². The van der Waals surface area contributed by atoms with Gasteiger partial charge in [-0.3, -0.25) is 4.98 Å². The molecule has 0 saturated carbocycles. The van der Waals surface area contributed by atoms with Gasteiger partial charge in [-0.2, -0.15) is 0 Å². The Morgan fingerprint density at radius 1 is 1.11 bits per heavy atom. The van der Waals surface area contributed by atoms with E-state index in [1.165, 1.54) is 0 Å². The number of nitrogen functional groups attached to an aromatic ring is 1. The van der Waals surface area contributed by atoms with Gasteiger partial charge in [-0.1, -0.05) is 25.1 Å². The molecule has 3 nitrogen and oxygen atoms in total. The Labute approximate surface area is 108 Å². The van der Waals surface area contributed by atoms with Crippen molar-refractivity contribution >= 4 is 11.4 Å². The van der Waals surface area contributed by atoms with Crippen molar-refractivity contribution < 1.29 is 0 Å². The zero-order chi connectivity index (χ0) is 12.8. The van der Waals surface area contributed by atoms with E-state index in [1.54, 1.807) is 0 Å². The molecule has 1 heterocycles. The number of nitrogens with two attached hydrogens (primary N) is 1. The number of benzene rings is 1. The average Bonchev–Trinajstić information content (AvgIpc) is 2.40. The Morgan fingerprint density at radius 2 is 1.89 bits per heavy atom. The minimum absolute atomic E-state index is 0.795. The van der Waals surface area contributed by atoms with Crippen LogP contribution in [0, 0.1) is 0 Å². The van der Waals surface area contributed by atoms with Crippen LogP contribution in [0.2, 0.25) is 0 Å². The second-order valence-electron chi connectivity index (χ2n) is 4.30. The molecule has 1 aromatic carbocycles. The predicted octanol–water partition coefficient (Wildman–Crippen LogP) is 3.08.